The third kappa shape index (κ3) is 2.89. The molecule has 0 bridgehead atoms. The molecule has 0 saturated heterocycles. The molecular weight excluding hydrogens is 210 g/mol. The molecule has 0 spiro atoms. The largest absolute Gasteiger partial charge is 0.461 e. The van der Waals surface area contributed by atoms with E-state index >= 15 is 0 Å². The van der Waals surface area contributed by atoms with Gasteiger partial charge in [0.05, 0.1) is 0 Å². The van der Waals surface area contributed by atoms with Crippen molar-refractivity contribution < 1.29 is 4.42 Å². The Morgan fingerprint density at radius 2 is 2.12 bits per heavy atom. The van der Waals surface area contributed by atoms with Crippen LogP contribution in [0.1, 0.15) is 37.5 Å². The second-order valence-electron chi connectivity index (χ2n) is 4.73. The Morgan fingerprint density at radius 1 is 1.29 bits per heavy atom. The van der Waals surface area contributed by atoms with Crippen LogP contribution in [0, 0.1) is 6.92 Å². The van der Waals surface area contributed by atoms with E-state index in [0.717, 1.165) is 30.9 Å². The topological polar surface area (TPSA) is 25.2 Å². The molecule has 0 saturated carbocycles. The first-order chi connectivity index (χ1) is 8.20. The van der Waals surface area contributed by atoms with E-state index in [1.54, 1.807) is 0 Å². The van der Waals surface area contributed by atoms with Crippen LogP contribution in [0.25, 0.3) is 11.0 Å². The fraction of sp³-hybridized carbons (Fsp3) is 0.467. The maximum atomic E-state index is 5.89. The van der Waals surface area contributed by atoms with Crippen LogP contribution in [0.5, 0.6) is 0 Å². The number of benzene rings is 1. The lowest BCUT2D eigenvalue weighted by Gasteiger charge is -2.07. The Kier molecular flexibility index (Phi) is 3.85. The molecule has 0 aliphatic carbocycles. The van der Waals surface area contributed by atoms with Crippen molar-refractivity contribution in [3.63, 3.8) is 0 Å². The molecule has 1 unspecified atom stereocenters. The highest BCUT2D eigenvalue weighted by Crippen LogP contribution is 2.27. The maximum absolute atomic E-state index is 5.89. The highest BCUT2D eigenvalue weighted by atomic mass is 16.3. The van der Waals surface area contributed by atoms with Gasteiger partial charge in [-0.05, 0) is 44.6 Å². The molecule has 17 heavy (non-hydrogen) atoms. The van der Waals surface area contributed by atoms with Crippen molar-refractivity contribution in [2.75, 3.05) is 13.1 Å². The number of aryl methyl sites for hydroxylation is 1. The van der Waals surface area contributed by atoms with Gasteiger partial charge in [-0.15, -0.1) is 0 Å². The van der Waals surface area contributed by atoms with Crippen molar-refractivity contribution >= 4 is 11.0 Å². The lowest BCUT2D eigenvalue weighted by Crippen LogP contribution is -2.15. The summed E-state index contributed by atoms with van der Waals surface area (Å²) >= 11 is 0. The molecule has 0 aliphatic heterocycles. The van der Waals surface area contributed by atoms with Crippen LogP contribution in [0.3, 0.4) is 0 Å². The second kappa shape index (κ2) is 5.37. The molecule has 1 heterocycles. The van der Waals surface area contributed by atoms with Gasteiger partial charge in [0.1, 0.15) is 11.3 Å². The summed E-state index contributed by atoms with van der Waals surface area (Å²) in [6, 6.07) is 8.52. The fourth-order valence-electron chi connectivity index (χ4n) is 2.06. The van der Waals surface area contributed by atoms with Crippen LogP contribution in [0.4, 0.5) is 0 Å². The minimum Gasteiger partial charge on any atom is -0.461 e. The van der Waals surface area contributed by atoms with Crippen molar-refractivity contribution in [2.45, 2.75) is 33.1 Å². The maximum Gasteiger partial charge on any atom is 0.134 e. The van der Waals surface area contributed by atoms with Crippen molar-refractivity contribution in [1.82, 2.24) is 5.32 Å². The minimum absolute atomic E-state index is 0.474. The van der Waals surface area contributed by atoms with Crippen molar-refractivity contribution in [2.24, 2.45) is 0 Å². The quantitative estimate of drug-likeness (QED) is 0.791. The molecule has 2 rings (SSSR count). The van der Waals surface area contributed by atoms with Crippen molar-refractivity contribution in [1.29, 1.82) is 0 Å². The third-order valence-corrected chi connectivity index (χ3v) is 3.18. The van der Waals surface area contributed by atoms with Gasteiger partial charge in [0, 0.05) is 11.3 Å². The van der Waals surface area contributed by atoms with Gasteiger partial charge in [-0.3, -0.25) is 0 Å². The summed E-state index contributed by atoms with van der Waals surface area (Å²) in [4.78, 5) is 0. The Hall–Kier alpha value is -1.28. The van der Waals surface area contributed by atoms with Crippen molar-refractivity contribution in [3.05, 3.63) is 35.6 Å². The van der Waals surface area contributed by atoms with Gasteiger partial charge in [-0.2, -0.15) is 0 Å². The first-order valence-electron chi connectivity index (χ1n) is 6.41. The molecule has 0 aliphatic rings. The molecule has 1 atom stereocenters. The summed E-state index contributed by atoms with van der Waals surface area (Å²) < 4.78 is 5.89. The average Bonchev–Trinajstić information content (AvgIpc) is 2.72. The van der Waals surface area contributed by atoms with E-state index in [0.29, 0.717) is 5.92 Å². The molecule has 0 fully saturated rings. The summed E-state index contributed by atoms with van der Waals surface area (Å²) in [7, 11) is 0. The zero-order valence-electron chi connectivity index (χ0n) is 10.9. The minimum atomic E-state index is 0.474. The van der Waals surface area contributed by atoms with Crippen LogP contribution in [0.2, 0.25) is 0 Å². The number of fused-ring (bicyclic) bond motifs is 1. The zero-order valence-corrected chi connectivity index (χ0v) is 10.9. The van der Waals surface area contributed by atoms with Crippen LogP contribution in [0.15, 0.2) is 28.7 Å². The van der Waals surface area contributed by atoms with E-state index < -0.39 is 0 Å². The number of hydrogen-bond acceptors (Lipinski definition) is 2. The molecule has 2 nitrogen and oxygen atoms in total. The molecule has 1 N–H and O–H groups in total. The zero-order chi connectivity index (χ0) is 12.3. The van der Waals surface area contributed by atoms with Gasteiger partial charge < -0.3 is 9.73 Å². The molecule has 0 radical (unpaired) electrons. The van der Waals surface area contributed by atoms with Gasteiger partial charge >= 0.3 is 0 Å². The van der Waals surface area contributed by atoms with Crippen LogP contribution in [-0.4, -0.2) is 13.1 Å². The van der Waals surface area contributed by atoms with Gasteiger partial charge in [-0.1, -0.05) is 25.5 Å². The van der Waals surface area contributed by atoms with Gasteiger partial charge in [0.15, 0.2) is 0 Å². The lowest BCUT2D eigenvalue weighted by atomic mass is 10.0. The predicted molar refractivity (Wildman–Crippen MR) is 72.5 cm³/mol. The Bertz CT molecular complexity index is 487. The lowest BCUT2D eigenvalue weighted by molar-refractivity contribution is 0.480. The highest BCUT2D eigenvalue weighted by molar-refractivity contribution is 5.78. The van der Waals surface area contributed by atoms with Gasteiger partial charge in [-0.25, -0.2) is 0 Å². The number of rotatable bonds is 5. The number of furan rings is 1. The van der Waals surface area contributed by atoms with Gasteiger partial charge in [0.2, 0.25) is 0 Å². The van der Waals surface area contributed by atoms with E-state index in [4.69, 9.17) is 4.42 Å². The number of nitrogens with one attached hydrogen (secondary N) is 1. The molecule has 92 valence electrons. The first-order valence-corrected chi connectivity index (χ1v) is 6.41. The Balaban J connectivity index is 2.12. The predicted octanol–water partition coefficient (Wildman–Crippen LogP) is 3.84. The van der Waals surface area contributed by atoms with Crippen LogP contribution in [-0.2, 0) is 0 Å². The van der Waals surface area contributed by atoms with Gasteiger partial charge in [0.25, 0.3) is 0 Å². The molecule has 1 aromatic carbocycles. The molecule has 2 heteroatoms. The smallest absolute Gasteiger partial charge is 0.134 e. The number of hydrogen-bond donors (Lipinski definition) is 1. The van der Waals surface area contributed by atoms with E-state index in [-0.39, 0.29) is 0 Å². The summed E-state index contributed by atoms with van der Waals surface area (Å²) in [5, 5.41) is 4.57. The summed E-state index contributed by atoms with van der Waals surface area (Å²) in [5.74, 6) is 1.57. The van der Waals surface area contributed by atoms with Crippen LogP contribution >= 0.6 is 0 Å². The first kappa shape index (κ1) is 12.2. The van der Waals surface area contributed by atoms with E-state index in [1.165, 1.54) is 10.9 Å². The summed E-state index contributed by atoms with van der Waals surface area (Å²) in [5.41, 5.74) is 2.28. The van der Waals surface area contributed by atoms with E-state index in [9.17, 15) is 0 Å². The van der Waals surface area contributed by atoms with E-state index in [2.05, 4.69) is 50.4 Å². The summed E-state index contributed by atoms with van der Waals surface area (Å²) in [6.07, 6.45) is 1.12. The SMILES string of the molecule is CCNCCC(C)c1cc2cc(C)ccc2o1. The van der Waals surface area contributed by atoms with Crippen molar-refractivity contribution in [3.8, 4) is 0 Å². The second-order valence-corrected chi connectivity index (χ2v) is 4.73. The summed E-state index contributed by atoms with van der Waals surface area (Å²) in [6.45, 7) is 8.55. The molecule has 0 amide bonds. The Labute approximate surface area is 103 Å². The normalized spacial score (nSPS) is 13.1. The third-order valence-electron chi connectivity index (χ3n) is 3.18. The van der Waals surface area contributed by atoms with Crippen LogP contribution < -0.4 is 5.32 Å². The molecular formula is C15H21NO. The molecule has 2 aromatic rings. The monoisotopic (exact) mass is 231 g/mol. The van der Waals surface area contributed by atoms with E-state index in [1.807, 2.05) is 0 Å². The highest BCUT2D eigenvalue weighted by Gasteiger charge is 2.11. The molecule has 1 aromatic heterocycles. The average molecular weight is 231 g/mol. The fourth-order valence-corrected chi connectivity index (χ4v) is 2.06. The Morgan fingerprint density at radius 3 is 2.88 bits per heavy atom. The standard InChI is InChI=1S/C15H21NO/c1-4-16-8-7-12(3)15-10-13-9-11(2)5-6-14(13)17-15/h5-6,9-10,12,16H,4,7-8H2,1-3H3.